The maximum absolute atomic E-state index is 5.71. The summed E-state index contributed by atoms with van der Waals surface area (Å²) in [6, 6.07) is 0. The van der Waals surface area contributed by atoms with Crippen LogP contribution in [0.25, 0.3) is 0 Å². The zero-order valence-electron chi connectivity index (χ0n) is 23.8. The van der Waals surface area contributed by atoms with Gasteiger partial charge in [0.05, 0.1) is 132 Å². The molecule has 0 rings (SSSR count). The molecule has 0 saturated carbocycles. The third kappa shape index (κ3) is 35.8. The van der Waals surface area contributed by atoms with Crippen LogP contribution >= 0.6 is 0 Å². The fraction of sp³-hybridized carbons (Fsp3) is 1.00. The van der Waals surface area contributed by atoms with Gasteiger partial charge in [-0.25, -0.2) is 0 Å². The lowest BCUT2D eigenvalue weighted by Gasteiger charge is -2.16. The van der Waals surface area contributed by atoms with Crippen molar-refractivity contribution >= 4 is 8.32 Å². The van der Waals surface area contributed by atoms with Crippen molar-refractivity contribution < 1.29 is 51.8 Å². The summed E-state index contributed by atoms with van der Waals surface area (Å²) in [5.74, 6) is 0. The molecule has 11 nitrogen and oxygen atoms in total. The fourth-order valence-electron chi connectivity index (χ4n) is 2.53. The first kappa shape index (κ1) is 36.8. The monoisotopic (exact) mass is 558 g/mol. The van der Waals surface area contributed by atoms with Crippen LogP contribution in [-0.2, 0) is 51.8 Å². The van der Waals surface area contributed by atoms with Gasteiger partial charge in [0.25, 0.3) is 0 Å². The van der Waals surface area contributed by atoms with Crippen LogP contribution in [0.15, 0.2) is 0 Å². The molecule has 0 aromatic heterocycles. The minimum atomic E-state index is -1.44. The van der Waals surface area contributed by atoms with Gasteiger partial charge in [-0.15, -0.1) is 0 Å². The SMILES string of the molecule is CCOCCOCCOCCOCCOCCOCCOCCOCCOCCOCCO[Si](C)(C)C. The molecule has 0 unspecified atom stereocenters. The predicted octanol–water partition coefficient (Wildman–Crippen LogP) is 2.02. The molecule has 0 heterocycles. The largest absolute Gasteiger partial charge is 0.415 e. The molecule has 0 aromatic carbocycles. The zero-order chi connectivity index (χ0) is 27.1. The van der Waals surface area contributed by atoms with Crippen molar-refractivity contribution in [1.82, 2.24) is 0 Å². The van der Waals surface area contributed by atoms with Crippen LogP contribution in [0.1, 0.15) is 6.92 Å². The van der Waals surface area contributed by atoms with E-state index in [0.717, 1.165) is 0 Å². The molecule has 0 aliphatic heterocycles. The molecular formula is C25H54O11Si. The van der Waals surface area contributed by atoms with E-state index in [9.17, 15) is 0 Å². The third-order valence-corrected chi connectivity index (χ3v) is 5.39. The van der Waals surface area contributed by atoms with E-state index in [1.54, 1.807) is 0 Å². The van der Waals surface area contributed by atoms with Gasteiger partial charge in [0.15, 0.2) is 8.32 Å². The molecule has 0 amide bonds. The smallest absolute Gasteiger partial charge is 0.183 e. The molecule has 224 valence electrons. The van der Waals surface area contributed by atoms with Gasteiger partial charge in [0, 0.05) is 6.61 Å². The van der Waals surface area contributed by atoms with Crippen LogP contribution in [0, 0.1) is 0 Å². The molecule has 37 heavy (non-hydrogen) atoms. The molecule has 0 aliphatic carbocycles. The Kier molecular flexibility index (Phi) is 30.1. The van der Waals surface area contributed by atoms with Crippen molar-refractivity contribution in [2.24, 2.45) is 0 Å². The topological polar surface area (TPSA) is 102 Å². The van der Waals surface area contributed by atoms with Crippen molar-refractivity contribution in [3.8, 4) is 0 Å². The normalized spacial score (nSPS) is 12.0. The molecule has 0 fully saturated rings. The molecule has 0 saturated heterocycles. The number of rotatable bonds is 32. The van der Waals surface area contributed by atoms with Gasteiger partial charge in [-0.05, 0) is 26.6 Å². The Morgan fingerprint density at radius 3 is 0.676 bits per heavy atom. The van der Waals surface area contributed by atoms with Gasteiger partial charge in [0.2, 0.25) is 0 Å². The Morgan fingerprint density at radius 1 is 0.297 bits per heavy atom. The standard InChI is InChI=1S/C25H54O11Si/c1-5-26-6-7-27-8-9-28-10-11-29-12-13-30-14-15-31-16-17-32-18-19-33-20-21-34-22-23-35-24-25-36-37(2,3)4/h5-25H2,1-4H3. The second kappa shape index (κ2) is 30.3. The van der Waals surface area contributed by atoms with E-state index in [-0.39, 0.29) is 0 Å². The average molecular weight is 559 g/mol. The van der Waals surface area contributed by atoms with Gasteiger partial charge in [-0.3, -0.25) is 0 Å². The van der Waals surface area contributed by atoms with E-state index in [4.69, 9.17) is 51.8 Å². The maximum atomic E-state index is 5.71. The average Bonchev–Trinajstić information content (AvgIpc) is 2.86. The van der Waals surface area contributed by atoms with Crippen LogP contribution in [0.4, 0.5) is 0 Å². The van der Waals surface area contributed by atoms with Gasteiger partial charge >= 0.3 is 0 Å². The molecule has 12 heteroatoms. The first-order valence-electron chi connectivity index (χ1n) is 13.5. The van der Waals surface area contributed by atoms with Gasteiger partial charge in [0.1, 0.15) is 0 Å². The van der Waals surface area contributed by atoms with Gasteiger partial charge in [-0.1, -0.05) is 0 Å². The Hall–Kier alpha value is -0.223. The lowest BCUT2D eigenvalue weighted by molar-refractivity contribution is -0.0266. The van der Waals surface area contributed by atoms with Crippen molar-refractivity contribution in [1.29, 1.82) is 0 Å². The summed E-state index contributed by atoms with van der Waals surface area (Å²) in [7, 11) is -1.44. The zero-order valence-corrected chi connectivity index (χ0v) is 24.8. The summed E-state index contributed by atoms with van der Waals surface area (Å²) in [5, 5.41) is 0. The number of hydrogen-bond donors (Lipinski definition) is 0. The first-order valence-corrected chi connectivity index (χ1v) is 16.9. The number of hydrogen-bond acceptors (Lipinski definition) is 11. The van der Waals surface area contributed by atoms with Crippen molar-refractivity contribution in [2.45, 2.75) is 26.6 Å². The van der Waals surface area contributed by atoms with E-state index in [1.807, 2.05) is 6.92 Å². The van der Waals surface area contributed by atoms with Crippen LogP contribution < -0.4 is 0 Å². The highest BCUT2D eigenvalue weighted by Crippen LogP contribution is 2.01. The molecule has 0 radical (unpaired) electrons. The van der Waals surface area contributed by atoms with Crippen LogP contribution in [0.5, 0.6) is 0 Å². The van der Waals surface area contributed by atoms with E-state index in [1.165, 1.54) is 0 Å². The maximum Gasteiger partial charge on any atom is 0.183 e. The van der Waals surface area contributed by atoms with Crippen LogP contribution in [0.3, 0.4) is 0 Å². The van der Waals surface area contributed by atoms with Gasteiger partial charge < -0.3 is 51.8 Å². The molecular weight excluding hydrogens is 504 g/mol. The first-order chi connectivity index (χ1) is 18.1. The predicted molar refractivity (Wildman–Crippen MR) is 143 cm³/mol. The minimum absolute atomic E-state index is 0.526. The Morgan fingerprint density at radius 2 is 0.486 bits per heavy atom. The van der Waals surface area contributed by atoms with Gasteiger partial charge in [-0.2, -0.15) is 0 Å². The summed E-state index contributed by atoms with van der Waals surface area (Å²) in [6.07, 6.45) is 0. The molecule has 0 bridgehead atoms. The van der Waals surface area contributed by atoms with E-state index < -0.39 is 8.32 Å². The van der Waals surface area contributed by atoms with Crippen LogP contribution in [-0.4, -0.2) is 147 Å². The highest BCUT2D eigenvalue weighted by Gasteiger charge is 2.13. The second-order valence-corrected chi connectivity index (χ2v) is 13.2. The van der Waals surface area contributed by atoms with Crippen molar-refractivity contribution in [2.75, 3.05) is 139 Å². The Labute approximate surface area is 225 Å². The van der Waals surface area contributed by atoms with E-state index in [0.29, 0.717) is 139 Å². The molecule has 0 N–H and O–H groups in total. The summed E-state index contributed by atoms with van der Waals surface area (Å²) in [6.45, 7) is 20.3. The second-order valence-electron chi connectivity index (χ2n) is 8.67. The molecule has 0 aliphatic rings. The highest BCUT2D eigenvalue weighted by molar-refractivity contribution is 6.69. The summed E-state index contributed by atoms with van der Waals surface area (Å²) in [5.41, 5.74) is 0. The lowest BCUT2D eigenvalue weighted by Crippen LogP contribution is -2.27. The molecule has 0 atom stereocenters. The summed E-state index contributed by atoms with van der Waals surface area (Å²) < 4.78 is 59.8. The lowest BCUT2D eigenvalue weighted by atomic mass is 10.6. The Balaban J connectivity index is 3.04. The van der Waals surface area contributed by atoms with Crippen molar-refractivity contribution in [3.63, 3.8) is 0 Å². The van der Waals surface area contributed by atoms with Crippen molar-refractivity contribution in [3.05, 3.63) is 0 Å². The quantitative estimate of drug-likeness (QED) is 0.0895. The molecule has 0 spiro atoms. The fourth-order valence-corrected chi connectivity index (χ4v) is 3.23. The molecule has 0 aromatic rings. The van der Waals surface area contributed by atoms with E-state index >= 15 is 0 Å². The summed E-state index contributed by atoms with van der Waals surface area (Å²) in [4.78, 5) is 0. The highest BCUT2D eigenvalue weighted by atomic mass is 28.4. The number of ether oxygens (including phenoxy) is 10. The Bertz CT molecular complexity index is 428. The minimum Gasteiger partial charge on any atom is -0.415 e. The van der Waals surface area contributed by atoms with Crippen LogP contribution in [0.2, 0.25) is 19.6 Å². The van der Waals surface area contributed by atoms with E-state index in [2.05, 4.69) is 19.6 Å². The third-order valence-electron chi connectivity index (χ3n) is 4.31. The summed E-state index contributed by atoms with van der Waals surface area (Å²) >= 11 is 0.